The van der Waals surface area contributed by atoms with Crippen molar-refractivity contribution in [3.63, 3.8) is 0 Å². The van der Waals surface area contributed by atoms with Crippen LogP contribution in [0.1, 0.15) is 13.8 Å². The summed E-state index contributed by atoms with van der Waals surface area (Å²) in [5.41, 5.74) is 0. The second-order valence-corrected chi connectivity index (χ2v) is 2.69. The number of hydrogen-bond acceptors (Lipinski definition) is 3. The molecular weight excluding hydrogens is 132 g/mol. The lowest BCUT2D eigenvalue weighted by Gasteiger charge is -2.00. The van der Waals surface area contributed by atoms with Gasteiger partial charge in [-0.3, -0.25) is 0 Å². The summed E-state index contributed by atoms with van der Waals surface area (Å²) in [5.74, 6) is 2.12. The van der Waals surface area contributed by atoms with Crippen LogP contribution in [0.15, 0.2) is 0 Å². The molecule has 0 saturated heterocycles. The fraction of sp³-hybridized carbons (Fsp3) is 1.00. The molecule has 0 saturated carbocycles. The monoisotopic (exact) mass is 148 g/mol. The summed E-state index contributed by atoms with van der Waals surface area (Å²) >= 11 is 1.88. The number of rotatable bonds is 6. The van der Waals surface area contributed by atoms with E-state index in [0.29, 0.717) is 0 Å². The van der Waals surface area contributed by atoms with E-state index in [4.69, 9.17) is 0 Å². The first kappa shape index (κ1) is 9.27. The van der Waals surface area contributed by atoms with E-state index in [1.807, 2.05) is 11.8 Å². The van der Waals surface area contributed by atoms with Crippen molar-refractivity contribution in [3.05, 3.63) is 0 Å². The summed E-state index contributed by atoms with van der Waals surface area (Å²) in [6.07, 6.45) is 0. The maximum absolute atomic E-state index is 3.23. The lowest BCUT2D eigenvalue weighted by atomic mass is 10.8. The van der Waals surface area contributed by atoms with Crippen LogP contribution in [0.3, 0.4) is 0 Å². The molecule has 0 bridgehead atoms. The third kappa shape index (κ3) is 8.27. The lowest BCUT2D eigenvalue weighted by Crippen LogP contribution is -2.16. The molecule has 3 heteroatoms. The van der Waals surface area contributed by atoms with Gasteiger partial charge in [-0.2, -0.15) is 0 Å². The van der Waals surface area contributed by atoms with Crippen molar-refractivity contribution in [1.29, 1.82) is 0 Å². The Balaban J connectivity index is 2.60. The molecule has 2 nitrogen and oxygen atoms in total. The Morgan fingerprint density at radius 3 is 1.78 bits per heavy atom. The Kier molecular flexibility index (Phi) is 8.52. The second-order valence-electron chi connectivity index (χ2n) is 1.70. The average molecular weight is 148 g/mol. The predicted octanol–water partition coefficient (Wildman–Crippen LogP) is 0.854. The smallest absolute Gasteiger partial charge is 0.0430 e. The lowest BCUT2D eigenvalue weighted by molar-refractivity contribution is 0.819. The zero-order valence-corrected chi connectivity index (χ0v) is 7.05. The number of thioether (sulfide) groups is 1. The summed E-state index contributed by atoms with van der Waals surface area (Å²) in [6.45, 7) is 6.37. The third-order valence-electron chi connectivity index (χ3n) is 0.908. The molecule has 0 radical (unpaired) electrons. The molecule has 2 N–H and O–H groups in total. The molecule has 56 valence electrons. The van der Waals surface area contributed by atoms with Crippen LogP contribution in [-0.2, 0) is 0 Å². The Labute approximate surface area is 61.8 Å². The standard InChI is InChI=1S/C6H16N2S/c1-3-7-5-9-6-8-4-2/h7-8H,3-6H2,1-2H3. The molecule has 0 atom stereocenters. The van der Waals surface area contributed by atoms with Gasteiger partial charge in [0.15, 0.2) is 0 Å². The molecule has 0 aromatic heterocycles. The van der Waals surface area contributed by atoms with Gasteiger partial charge >= 0.3 is 0 Å². The van der Waals surface area contributed by atoms with E-state index in [0.717, 1.165) is 24.8 Å². The highest BCUT2D eigenvalue weighted by Gasteiger charge is 1.82. The van der Waals surface area contributed by atoms with Crippen LogP contribution in [0.5, 0.6) is 0 Å². The molecule has 0 spiro atoms. The van der Waals surface area contributed by atoms with E-state index >= 15 is 0 Å². The summed E-state index contributed by atoms with van der Waals surface area (Å²) in [6, 6.07) is 0. The largest absolute Gasteiger partial charge is 0.308 e. The van der Waals surface area contributed by atoms with Crippen LogP contribution in [0.2, 0.25) is 0 Å². The summed E-state index contributed by atoms with van der Waals surface area (Å²) in [7, 11) is 0. The van der Waals surface area contributed by atoms with Crippen molar-refractivity contribution in [2.24, 2.45) is 0 Å². The van der Waals surface area contributed by atoms with Gasteiger partial charge in [-0.1, -0.05) is 13.8 Å². The van der Waals surface area contributed by atoms with Gasteiger partial charge in [-0.05, 0) is 13.1 Å². The quantitative estimate of drug-likeness (QED) is 0.431. The first-order chi connectivity index (χ1) is 4.41. The zero-order valence-electron chi connectivity index (χ0n) is 6.24. The molecule has 0 aliphatic rings. The van der Waals surface area contributed by atoms with E-state index in [1.165, 1.54) is 0 Å². The molecule has 0 rings (SSSR count). The first-order valence-corrected chi connectivity index (χ1v) is 4.56. The second kappa shape index (κ2) is 8.27. The van der Waals surface area contributed by atoms with Crippen LogP contribution in [0.4, 0.5) is 0 Å². The van der Waals surface area contributed by atoms with Gasteiger partial charge in [0.1, 0.15) is 0 Å². The fourth-order valence-corrected chi connectivity index (χ4v) is 1.20. The number of nitrogens with one attached hydrogen (secondary N) is 2. The van der Waals surface area contributed by atoms with Crippen LogP contribution in [-0.4, -0.2) is 24.8 Å². The minimum Gasteiger partial charge on any atom is -0.308 e. The van der Waals surface area contributed by atoms with Gasteiger partial charge in [0.2, 0.25) is 0 Å². The molecule has 0 amide bonds. The highest BCUT2D eigenvalue weighted by molar-refractivity contribution is 7.99. The molecule has 0 aliphatic carbocycles. The van der Waals surface area contributed by atoms with Gasteiger partial charge in [0.05, 0.1) is 0 Å². The van der Waals surface area contributed by atoms with E-state index in [2.05, 4.69) is 24.5 Å². The SMILES string of the molecule is CCNCSCNCC. The maximum Gasteiger partial charge on any atom is 0.0430 e. The van der Waals surface area contributed by atoms with Crippen molar-refractivity contribution in [1.82, 2.24) is 10.6 Å². The Morgan fingerprint density at radius 2 is 1.44 bits per heavy atom. The van der Waals surface area contributed by atoms with Gasteiger partial charge in [0, 0.05) is 11.8 Å². The molecule has 0 heterocycles. The van der Waals surface area contributed by atoms with Crippen LogP contribution in [0.25, 0.3) is 0 Å². The van der Waals surface area contributed by atoms with Crippen LogP contribution in [0, 0.1) is 0 Å². The molecule has 0 aromatic carbocycles. The minimum atomic E-state index is 1.06. The maximum atomic E-state index is 3.23. The van der Waals surface area contributed by atoms with E-state index in [-0.39, 0.29) is 0 Å². The van der Waals surface area contributed by atoms with Crippen molar-refractivity contribution < 1.29 is 0 Å². The first-order valence-electron chi connectivity index (χ1n) is 3.41. The van der Waals surface area contributed by atoms with Crippen molar-refractivity contribution in [3.8, 4) is 0 Å². The Hall–Kier alpha value is 0.270. The van der Waals surface area contributed by atoms with E-state index in [9.17, 15) is 0 Å². The van der Waals surface area contributed by atoms with Gasteiger partial charge in [-0.25, -0.2) is 0 Å². The molecule has 0 aromatic rings. The molecular formula is C6H16N2S. The Bertz CT molecular complexity index is 44.3. The van der Waals surface area contributed by atoms with Gasteiger partial charge in [0.25, 0.3) is 0 Å². The highest BCUT2D eigenvalue weighted by Crippen LogP contribution is 1.91. The molecule has 0 aliphatic heterocycles. The minimum absolute atomic E-state index is 1.06. The van der Waals surface area contributed by atoms with Crippen molar-refractivity contribution in [2.75, 3.05) is 24.8 Å². The van der Waals surface area contributed by atoms with E-state index < -0.39 is 0 Å². The highest BCUT2D eigenvalue weighted by atomic mass is 32.2. The Morgan fingerprint density at radius 1 is 1.00 bits per heavy atom. The van der Waals surface area contributed by atoms with Crippen molar-refractivity contribution >= 4 is 11.8 Å². The average Bonchev–Trinajstić information content (AvgIpc) is 1.89. The molecule has 0 fully saturated rings. The molecule has 9 heavy (non-hydrogen) atoms. The zero-order chi connectivity index (χ0) is 6.95. The van der Waals surface area contributed by atoms with Crippen LogP contribution < -0.4 is 10.6 Å². The third-order valence-corrected chi connectivity index (χ3v) is 1.72. The van der Waals surface area contributed by atoms with E-state index in [1.54, 1.807) is 0 Å². The van der Waals surface area contributed by atoms with Crippen LogP contribution >= 0.6 is 11.8 Å². The predicted molar refractivity (Wildman–Crippen MR) is 44.7 cm³/mol. The normalized spacial score (nSPS) is 10.0. The summed E-state index contributed by atoms with van der Waals surface area (Å²) < 4.78 is 0. The van der Waals surface area contributed by atoms with Crippen molar-refractivity contribution in [2.45, 2.75) is 13.8 Å². The number of hydrogen-bond donors (Lipinski definition) is 2. The fourth-order valence-electron chi connectivity index (χ4n) is 0.399. The van der Waals surface area contributed by atoms with Gasteiger partial charge < -0.3 is 10.6 Å². The molecule has 0 unspecified atom stereocenters. The summed E-state index contributed by atoms with van der Waals surface area (Å²) in [4.78, 5) is 0. The summed E-state index contributed by atoms with van der Waals surface area (Å²) in [5, 5.41) is 6.46. The van der Waals surface area contributed by atoms with Gasteiger partial charge in [-0.15, -0.1) is 11.8 Å². The topological polar surface area (TPSA) is 24.1 Å².